The molecule has 1 aromatic rings. The van der Waals surface area contributed by atoms with Crippen LogP contribution in [0.25, 0.3) is 0 Å². The molecule has 0 radical (unpaired) electrons. The zero-order valence-corrected chi connectivity index (χ0v) is 10.4. The smallest absolute Gasteiger partial charge is 0.261 e. The standard InChI is InChI=1S/C12H13ClN2O2/c1-9(7-14)15(2)12(16)8-17-11-5-3-4-10(13)6-11/h3-6,9H,8H2,1-2H3. The van der Waals surface area contributed by atoms with Crippen LogP contribution in [0.3, 0.4) is 0 Å². The largest absolute Gasteiger partial charge is 0.484 e. The van der Waals surface area contributed by atoms with Gasteiger partial charge in [0.25, 0.3) is 5.91 Å². The molecule has 0 aliphatic rings. The highest BCUT2D eigenvalue weighted by Gasteiger charge is 2.15. The van der Waals surface area contributed by atoms with Gasteiger partial charge in [-0.3, -0.25) is 4.79 Å². The van der Waals surface area contributed by atoms with Gasteiger partial charge in [0.2, 0.25) is 0 Å². The third-order valence-corrected chi connectivity index (χ3v) is 2.55. The van der Waals surface area contributed by atoms with Crippen LogP contribution in [-0.2, 0) is 4.79 Å². The van der Waals surface area contributed by atoms with E-state index in [2.05, 4.69) is 0 Å². The average Bonchev–Trinajstić information content (AvgIpc) is 2.34. The fourth-order valence-electron chi connectivity index (χ4n) is 1.11. The molecule has 0 bridgehead atoms. The third-order valence-electron chi connectivity index (χ3n) is 2.32. The molecule has 0 N–H and O–H groups in total. The Hall–Kier alpha value is -1.73. The van der Waals surface area contributed by atoms with E-state index in [-0.39, 0.29) is 12.5 Å². The molecule has 0 aliphatic carbocycles. The first kappa shape index (κ1) is 13.3. The van der Waals surface area contributed by atoms with Crippen molar-refractivity contribution in [1.29, 1.82) is 5.26 Å². The Kier molecular flexibility index (Phi) is 4.80. The third kappa shape index (κ3) is 3.97. The summed E-state index contributed by atoms with van der Waals surface area (Å²) in [4.78, 5) is 13.0. The molecule has 0 aromatic heterocycles. The van der Waals surface area contributed by atoms with Crippen LogP contribution in [0.1, 0.15) is 6.92 Å². The number of rotatable bonds is 4. The lowest BCUT2D eigenvalue weighted by Crippen LogP contribution is -2.37. The molecule has 1 aromatic carbocycles. The Labute approximate surface area is 105 Å². The second-order valence-corrected chi connectivity index (χ2v) is 3.99. The Morgan fingerprint density at radius 3 is 2.94 bits per heavy atom. The summed E-state index contributed by atoms with van der Waals surface area (Å²) in [5.41, 5.74) is 0. The number of nitrogens with zero attached hydrogens (tertiary/aromatic N) is 2. The maximum atomic E-state index is 11.6. The Morgan fingerprint density at radius 2 is 2.35 bits per heavy atom. The van der Waals surface area contributed by atoms with Crippen LogP contribution < -0.4 is 4.74 Å². The maximum Gasteiger partial charge on any atom is 0.261 e. The molecule has 0 saturated heterocycles. The lowest BCUT2D eigenvalue weighted by Gasteiger charge is -2.19. The normalized spacial score (nSPS) is 11.4. The topological polar surface area (TPSA) is 53.3 Å². The van der Waals surface area contributed by atoms with Gasteiger partial charge >= 0.3 is 0 Å². The van der Waals surface area contributed by atoms with E-state index in [1.807, 2.05) is 6.07 Å². The van der Waals surface area contributed by atoms with Crippen LogP contribution >= 0.6 is 11.6 Å². The van der Waals surface area contributed by atoms with Crippen molar-refractivity contribution in [3.8, 4) is 11.8 Å². The summed E-state index contributed by atoms with van der Waals surface area (Å²) < 4.78 is 5.28. The molecule has 0 heterocycles. The monoisotopic (exact) mass is 252 g/mol. The number of hydrogen-bond acceptors (Lipinski definition) is 3. The van der Waals surface area contributed by atoms with E-state index in [0.29, 0.717) is 10.8 Å². The summed E-state index contributed by atoms with van der Waals surface area (Å²) in [6.07, 6.45) is 0. The predicted molar refractivity (Wildman–Crippen MR) is 64.8 cm³/mol. The van der Waals surface area contributed by atoms with Crippen molar-refractivity contribution in [2.45, 2.75) is 13.0 Å². The van der Waals surface area contributed by atoms with Gasteiger partial charge in [-0.2, -0.15) is 5.26 Å². The van der Waals surface area contributed by atoms with Crippen molar-refractivity contribution in [2.75, 3.05) is 13.7 Å². The highest BCUT2D eigenvalue weighted by molar-refractivity contribution is 6.30. The van der Waals surface area contributed by atoms with Crippen molar-refractivity contribution >= 4 is 17.5 Å². The minimum absolute atomic E-state index is 0.108. The summed E-state index contributed by atoms with van der Waals surface area (Å²) in [6, 6.07) is 8.32. The Bertz CT molecular complexity index is 442. The molecule has 0 saturated carbocycles. The predicted octanol–water partition coefficient (Wildman–Crippen LogP) is 2.09. The zero-order valence-electron chi connectivity index (χ0n) is 9.68. The maximum absolute atomic E-state index is 11.6. The van der Waals surface area contributed by atoms with Crippen molar-refractivity contribution in [3.63, 3.8) is 0 Å². The van der Waals surface area contributed by atoms with Crippen molar-refractivity contribution < 1.29 is 9.53 Å². The van der Waals surface area contributed by atoms with Gasteiger partial charge in [0.05, 0.1) is 6.07 Å². The highest BCUT2D eigenvalue weighted by Crippen LogP contribution is 2.17. The van der Waals surface area contributed by atoms with E-state index >= 15 is 0 Å². The molecule has 17 heavy (non-hydrogen) atoms. The number of halogens is 1. The summed E-state index contributed by atoms with van der Waals surface area (Å²) in [5, 5.41) is 9.22. The Morgan fingerprint density at radius 1 is 1.65 bits per heavy atom. The first-order chi connectivity index (χ1) is 8.04. The van der Waals surface area contributed by atoms with E-state index in [4.69, 9.17) is 21.6 Å². The minimum Gasteiger partial charge on any atom is -0.484 e. The van der Waals surface area contributed by atoms with Crippen LogP contribution in [0.5, 0.6) is 5.75 Å². The second kappa shape index (κ2) is 6.12. The number of hydrogen-bond donors (Lipinski definition) is 0. The van der Waals surface area contributed by atoms with Crippen LogP contribution in [0.2, 0.25) is 5.02 Å². The van der Waals surface area contributed by atoms with Gasteiger partial charge in [0.1, 0.15) is 11.8 Å². The van der Waals surface area contributed by atoms with Crippen molar-refractivity contribution in [3.05, 3.63) is 29.3 Å². The number of ether oxygens (including phenoxy) is 1. The summed E-state index contributed by atoms with van der Waals surface area (Å²) >= 11 is 5.78. The SMILES string of the molecule is CC(C#N)N(C)C(=O)COc1cccc(Cl)c1. The van der Waals surface area contributed by atoms with Crippen molar-refractivity contribution in [2.24, 2.45) is 0 Å². The molecule has 90 valence electrons. The molecular formula is C12H13ClN2O2. The molecule has 1 unspecified atom stereocenters. The van der Waals surface area contributed by atoms with Gasteiger partial charge in [-0.25, -0.2) is 0 Å². The van der Waals surface area contributed by atoms with Crippen LogP contribution in [0.15, 0.2) is 24.3 Å². The van der Waals surface area contributed by atoms with E-state index in [1.54, 1.807) is 38.2 Å². The first-order valence-electron chi connectivity index (χ1n) is 5.08. The number of carbonyl (C=O) groups excluding carboxylic acids is 1. The van der Waals surface area contributed by atoms with Gasteiger partial charge in [0, 0.05) is 12.1 Å². The van der Waals surface area contributed by atoms with Gasteiger partial charge in [-0.15, -0.1) is 0 Å². The lowest BCUT2D eigenvalue weighted by molar-refractivity contribution is -0.132. The van der Waals surface area contributed by atoms with Crippen LogP contribution in [0, 0.1) is 11.3 Å². The average molecular weight is 253 g/mol. The van der Waals surface area contributed by atoms with E-state index in [0.717, 1.165) is 0 Å². The molecule has 4 nitrogen and oxygen atoms in total. The molecule has 0 aliphatic heterocycles. The van der Waals surface area contributed by atoms with Crippen LogP contribution in [-0.4, -0.2) is 30.5 Å². The number of amides is 1. The molecule has 1 amide bonds. The summed E-state index contributed by atoms with van der Waals surface area (Å²) in [6.45, 7) is 1.54. The number of benzene rings is 1. The minimum atomic E-state index is -0.467. The number of nitriles is 1. The zero-order chi connectivity index (χ0) is 12.8. The molecule has 1 rings (SSSR count). The summed E-state index contributed by atoms with van der Waals surface area (Å²) in [7, 11) is 1.57. The quantitative estimate of drug-likeness (QED) is 0.825. The van der Waals surface area contributed by atoms with Gasteiger partial charge in [0.15, 0.2) is 6.61 Å². The molecule has 0 spiro atoms. The molecule has 0 fully saturated rings. The molecule has 1 atom stereocenters. The first-order valence-corrected chi connectivity index (χ1v) is 5.46. The van der Waals surface area contributed by atoms with E-state index in [1.165, 1.54) is 4.90 Å². The van der Waals surface area contributed by atoms with Gasteiger partial charge in [-0.1, -0.05) is 17.7 Å². The van der Waals surface area contributed by atoms with E-state index in [9.17, 15) is 4.79 Å². The highest BCUT2D eigenvalue weighted by atomic mass is 35.5. The second-order valence-electron chi connectivity index (χ2n) is 3.56. The van der Waals surface area contributed by atoms with Crippen molar-refractivity contribution in [1.82, 2.24) is 4.90 Å². The summed E-state index contributed by atoms with van der Waals surface area (Å²) in [5.74, 6) is 0.280. The fourth-order valence-corrected chi connectivity index (χ4v) is 1.29. The Balaban J connectivity index is 2.52. The van der Waals surface area contributed by atoms with Crippen LogP contribution in [0.4, 0.5) is 0 Å². The molecule has 5 heteroatoms. The molecular weight excluding hydrogens is 240 g/mol. The van der Waals surface area contributed by atoms with Gasteiger partial charge < -0.3 is 9.64 Å². The number of carbonyl (C=O) groups is 1. The lowest BCUT2D eigenvalue weighted by atomic mass is 10.3. The van der Waals surface area contributed by atoms with Gasteiger partial charge in [-0.05, 0) is 25.1 Å². The fraction of sp³-hybridized carbons (Fsp3) is 0.333. The van der Waals surface area contributed by atoms with E-state index < -0.39 is 6.04 Å². The number of likely N-dealkylation sites (N-methyl/N-ethyl adjacent to an activating group) is 1.